The van der Waals surface area contributed by atoms with Gasteiger partial charge in [-0.1, -0.05) is 13.0 Å². The lowest BCUT2D eigenvalue weighted by molar-refractivity contribution is 0.288. The van der Waals surface area contributed by atoms with Gasteiger partial charge in [-0.05, 0) is 55.7 Å². The molecule has 0 aliphatic rings. The van der Waals surface area contributed by atoms with Gasteiger partial charge in [0, 0.05) is 11.9 Å². The van der Waals surface area contributed by atoms with Crippen molar-refractivity contribution >= 4 is 11.8 Å². The van der Waals surface area contributed by atoms with Crippen molar-refractivity contribution in [1.29, 1.82) is 0 Å². The van der Waals surface area contributed by atoms with E-state index in [0.717, 1.165) is 31.0 Å². The van der Waals surface area contributed by atoms with E-state index < -0.39 is 0 Å². The van der Waals surface area contributed by atoms with Gasteiger partial charge in [0.05, 0.1) is 6.61 Å². The monoisotopic (exact) mass is 268 g/mol. The van der Waals surface area contributed by atoms with Gasteiger partial charge >= 0.3 is 0 Å². The number of ether oxygens (including phenoxy) is 1. The predicted octanol–water partition coefficient (Wildman–Crippen LogP) is 3.58. The molecule has 0 aliphatic heterocycles. The van der Waals surface area contributed by atoms with E-state index >= 15 is 0 Å². The molecular weight excluding hydrogens is 244 g/mol. The first kappa shape index (κ1) is 15.4. The first-order valence-electron chi connectivity index (χ1n) is 6.55. The van der Waals surface area contributed by atoms with E-state index in [-0.39, 0.29) is 6.61 Å². The number of thioether (sulfide) groups is 1. The topological polar surface area (TPSA) is 29.5 Å². The Balaban J connectivity index is 2.17. The molecule has 1 aromatic carbocycles. The Bertz CT molecular complexity index is 332. The lowest BCUT2D eigenvalue weighted by atomic mass is 10.1. The number of hydrogen-bond donors (Lipinski definition) is 1. The maximum absolute atomic E-state index is 8.80. The van der Waals surface area contributed by atoms with Crippen LogP contribution in [-0.4, -0.2) is 29.3 Å². The third-order valence-electron chi connectivity index (χ3n) is 2.69. The number of aliphatic hydroxyl groups excluding tert-OH is 1. The fourth-order valence-corrected chi connectivity index (χ4v) is 2.77. The normalized spacial score (nSPS) is 12.4. The van der Waals surface area contributed by atoms with E-state index in [1.165, 1.54) is 11.1 Å². The zero-order chi connectivity index (χ0) is 13.4. The van der Waals surface area contributed by atoms with Crippen LogP contribution in [0, 0.1) is 13.8 Å². The maximum atomic E-state index is 8.80. The van der Waals surface area contributed by atoms with Crippen LogP contribution < -0.4 is 4.74 Å². The van der Waals surface area contributed by atoms with Crippen LogP contribution in [0.3, 0.4) is 0 Å². The molecule has 2 nitrogen and oxygen atoms in total. The Labute approximate surface area is 115 Å². The number of hydrogen-bond acceptors (Lipinski definition) is 3. The zero-order valence-corrected chi connectivity index (χ0v) is 12.4. The Hall–Kier alpha value is -0.670. The highest BCUT2D eigenvalue weighted by Gasteiger charge is 2.01. The average Bonchev–Trinajstić information content (AvgIpc) is 2.27. The highest BCUT2D eigenvalue weighted by Crippen LogP contribution is 2.18. The third kappa shape index (κ3) is 6.31. The molecule has 0 aliphatic carbocycles. The summed E-state index contributed by atoms with van der Waals surface area (Å²) in [6.45, 7) is 7.39. The standard InChI is InChI=1S/C15H24O2S/c1-12-9-13(2)11-15(10-12)17-7-4-8-18-14(3)5-6-16/h9-11,14,16H,4-8H2,1-3H3. The molecule has 0 amide bonds. The first-order chi connectivity index (χ1) is 8.61. The van der Waals surface area contributed by atoms with Crippen molar-refractivity contribution in [2.24, 2.45) is 0 Å². The van der Waals surface area contributed by atoms with Gasteiger partial charge in [0.25, 0.3) is 0 Å². The fourth-order valence-electron chi connectivity index (χ4n) is 1.81. The predicted molar refractivity (Wildman–Crippen MR) is 79.7 cm³/mol. The molecule has 18 heavy (non-hydrogen) atoms. The molecule has 1 atom stereocenters. The van der Waals surface area contributed by atoms with Gasteiger partial charge in [-0.15, -0.1) is 0 Å². The van der Waals surface area contributed by atoms with Crippen molar-refractivity contribution in [3.63, 3.8) is 0 Å². The second-order valence-corrected chi connectivity index (χ2v) is 6.27. The Morgan fingerprint density at radius 2 is 1.89 bits per heavy atom. The molecule has 0 spiro atoms. The highest BCUT2D eigenvalue weighted by molar-refractivity contribution is 7.99. The van der Waals surface area contributed by atoms with Gasteiger partial charge in [0.1, 0.15) is 5.75 Å². The van der Waals surface area contributed by atoms with E-state index in [1.807, 2.05) is 11.8 Å². The number of aliphatic hydroxyl groups is 1. The van der Waals surface area contributed by atoms with Crippen molar-refractivity contribution < 1.29 is 9.84 Å². The molecule has 1 rings (SSSR count). The molecule has 102 valence electrons. The summed E-state index contributed by atoms with van der Waals surface area (Å²) >= 11 is 1.90. The Kier molecular flexibility index (Phi) is 7.21. The Morgan fingerprint density at radius 3 is 2.50 bits per heavy atom. The lowest BCUT2D eigenvalue weighted by Gasteiger charge is -2.10. The molecule has 1 aromatic rings. The SMILES string of the molecule is Cc1cc(C)cc(OCCCSC(C)CCO)c1. The summed E-state index contributed by atoms with van der Waals surface area (Å²) in [6.07, 6.45) is 1.93. The molecule has 1 N–H and O–H groups in total. The molecule has 0 saturated heterocycles. The van der Waals surface area contributed by atoms with E-state index in [9.17, 15) is 0 Å². The molecule has 0 radical (unpaired) electrons. The first-order valence-corrected chi connectivity index (χ1v) is 7.60. The van der Waals surface area contributed by atoms with Gasteiger partial charge in [-0.3, -0.25) is 0 Å². The maximum Gasteiger partial charge on any atom is 0.119 e. The van der Waals surface area contributed by atoms with Crippen LogP contribution >= 0.6 is 11.8 Å². The molecule has 3 heteroatoms. The van der Waals surface area contributed by atoms with Gasteiger partial charge in [-0.25, -0.2) is 0 Å². The number of benzene rings is 1. The fraction of sp³-hybridized carbons (Fsp3) is 0.600. The minimum atomic E-state index is 0.285. The molecule has 1 unspecified atom stereocenters. The van der Waals surface area contributed by atoms with Crippen molar-refractivity contribution in [2.45, 2.75) is 38.9 Å². The van der Waals surface area contributed by atoms with Crippen LogP contribution in [0.4, 0.5) is 0 Å². The average molecular weight is 268 g/mol. The summed E-state index contributed by atoms with van der Waals surface area (Å²) in [7, 11) is 0. The van der Waals surface area contributed by atoms with Gasteiger partial charge in [0.15, 0.2) is 0 Å². The smallest absolute Gasteiger partial charge is 0.119 e. The van der Waals surface area contributed by atoms with Gasteiger partial charge in [0.2, 0.25) is 0 Å². The largest absolute Gasteiger partial charge is 0.494 e. The third-order valence-corrected chi connectivity index (χ3v) is 4.02. The summed E-state index contributed by atoms with van der Waals surface area (Å²) in [4.78, 5) is 0. The number of aryl methyl sites for hydroxylation is 2. The highest BCUT2D eigenvalue weighted by atomic mass is 32.2. The van der Waals surface area contributed by atoms with Crippen LogP contribution in [0.2, 0.25) is 0 Å². The quantitative estimate of drug-likeness (QED) is 0.731. The van der Waals surface area contributed by atoms with Crippen molar-refractivity contribution in [2.75, 3.05) is 19.0 Å². The van der Waals surface area contributed by atoms with Gasteiger partial charge in [-0.2, -0.15) is 11.8 Å². The van der Waals surface area contributed by atoms with E-state index in [4.69, 9.17) is 9.84 Å². The van der Waals surface area contributed by atoms with E-state index in [0.29, 0.717) is 5.25 Å². The van der Waals surface area contributed by atoms with Crippen molar-refractivity contribution in [3.05, 3.63) is 29.3 Å². The van der Waals surface area contributed by atoms with Crippen molar-refractivity contribution in [1.82, 2.24) is 0 Å². The molecule has 0 fully saturated rings. The molecular formula is C15H24O2S. The molecule has 0 saturated carbocycles. The van der Waals surface area contributed by atoms with E-state index in [2.05, 4.69) is 39.0 Å². The summed E-state index contributed by atoms with van der Waals surface area (Å²) in [5.74, 6) is 2.06. The van der Waals surface area contributed by atoms with Gasteiger partial charge < -0.3 is 9.84 Å². The summed E-state index contributed by atoms with van der Waals surface area (Å²) < 4.78 is 5.75. The summed E-state index contributed by atoms with van der Waals surface area (Å²) in [6, 6.07) is 6.31. The van der Waals surface area contributed by atoms with E-state index in [1.54, 1.807) is 0 Å². The van der Waals surface area contributed by atoms with Crippen molar-refractivity contribution in [3.8, 4) is 5.75 Å². The van der Waals surface area contributed by atoms with Crippen LogP contribution in [0.15, 0.2) is 18.2 Å². The van der Waals surface area contributed by atoms with Crippen LogP contribution in [0.1, 0.15) is 30.9 Å². The summed E-state index contributed by atoms with van der Waals surface area (Å²) in [5, 5.41) is 9.34. The zero-order valence-electron chi connectivity index (χ0n) is 11.6. The summed E-state index contributed by atoms with van der Waals surface area (Å²) in [5.41, 5.74) is 2.49. The Morgan fingerprint density at radius 1 is 1.22 bits per heavy atom. The molecule has 0 bridgehead atoms. The van der Waals surface area contributed by atoms with Crippen LogP contribution in [0.25, 0.3) is 0 Å². The lowest BCUT2D eigenvalue weighted by Crippen LogP contribution is -2.04. The molecule has 0 heterocycles. The second kappa shape index (κ2) is 8.44. The van der Waals surface area contributed by atoms with Crippen LogP contribution in [0.5, 0.6) is 5.75 Å². The minimum Gasteiger partial charge on any atom is -0.494 e. The minimum absolute atomic E-state index is 0.285. The molecule has 0 aromatic heterocycles. The number of rotatable bonds is 8. The second-order valence-electron chi connectivity index (χ2n) is 4.72. The van der Waals surface area contributed by atoms with Crippen LogP contribution in [-0.2, 0) is 0 Å².